The van der Waals surface area contributed by atoms with Crippen molar-refractivity contribution in [2.75, 3.05) is 0 Å². The standard InChI is InChI=1S/C19H18FN3O2/c1-22-11-13(10-21-22)12-23(16-6-7-16)19(24)18-9-8-17(25-18)14-2-4-15(20)5-3-14/h2-5,8-11,16H,6-7,12H2,1H3. The molecule has 0 bridgehead atoms. The molecule has 0 N–H and O–H groups in total. The molecule has 1 amide bonds. The molecule has 128 valence electrons. The van der Waals surface area contributed by atoms with Crippen LogP contribution in [0.5, 0.6) is 0 Å². The Morgan fingerprint density at radius 1 is 1.28 bits per heavy atom. The van der Waals surface area contributed by atoms with Crippen molar-refractivity contribution in [1.82, 2.24) is 14.7 Å². The number of rotatable bonds is 5. The fourth-order valence-electron chi connectivity index (χ4n) is 2.87. The predicted molar refractivity (Wildman–Crippen MR) is 90.2 cm³/mol. The van der Waals surface area contributed by atoms with Gasteiger partial charge in [-0.1, -0.05) is 0 Å². The lowest BCUT2D eigenvalue weighted by atomic mass is 10.2. The van der Waals surface area contributed by atoms with Crippen LogP contribution >= 0.6 is 0 Å². The third-order valence-electron chi connectivity index (χ3n) is 4.31. The quantitative estimate of drug-likeness (QED) is 0.713. The lowest BCUT2D eigenvalue weighted by molar-refractivity contribution is 0.0698. The maximum atomic E-state index is 13.0. The maximum Gasteiger partial charge on any atom is 0.290 e. The molecule has 0 unspecified atom stereocenters. The van der Waals surface area contributed by atoms with E-state index in [0.717, 1.165) is 24.0 Å². The Morgan fingerprint density at radius 3 is 2.68 bits per heavy atom. The van der Waals surface area contributed by atoms with Gasteiger partial charge in [0, 0.05) is 37.0 Å². The largest absolute Gasteiger partial charge is 0.451 e. The predicted octanol–water partition coefficient (Wildman–Crippen LogP) is 3.62. The highest BCUT2D eigenvalue weighted by molar-refractivity contribution is 5.92. The molecule has 0 saturated heterocycles. The molecule has 1 fully saturated rings. The fraction of sp³-hybridized carbons (Fsp3) is 0.263. The number of carbonyl (C=O) groups excluding carboxylic acids is 1. The molecule has 1 aromatic carbocycles. The second kappa shape index (κ2) is 6.20. The van der Waals surface area contributed by atoms with Gasteiger partial charge in [0.2, 0.25) is 0 Å². The summed E-state index contributed by atoms with van der Waals surface area (Å²) >= 11 is 0. The van der Waals surface area contributed by atoms with E-state index in [2.05, 4.69) is 5.10 Å². The highest BCUT2D eigenvalue weighted by Gasteiger charge is 2.34. The Labute approximate surface area is 144 Å². The maximum absolute atomic E-state index is 13.0. The van der Waals surface area contributed by atoms with Gasteiger partial charge in [0.25, 0.3) is 5.91 Å². The monoisotopic (exact) mass is 339 g/mol. The number of benzene rings is 1. The van der Waals surface area contributed by atoms with Gasteiger partial charge in [-0.25, -0.2) is 4.39 Å². The van der Waals surface area contributed by atoms with Crippen molar-refractivity contribution in [3.05, 3.63) is 65.9 Å². The first-order valence-corrected chi connectivity index (χ1v) is 8.24. The van der Waals surface area contributed by atoms with Crippen molar-refractivity contribution in [2.45, 2.75) is 25.4 Å². The van der Waals surface area contributed by atoms with E-state index < -0.39 is 0 Å². The summed E-state index contributed by atoms with van der Waals surface area (Å²) in [5.41, 5.74) is 1.73. The van der Waals surface area contributed by atoms with Crippen LogP contribution in [0.2, 0.25) is 0 Å². The molecular formula is C19H18FN3O2. The summed E-state index contributed by atoms with van der Waals surface area (Å²) in [4.78, 5) is 14.7. The van der Waals surface area contributed by atoms with E-state index in [1.54, 1.807) is 35.1 Å². The van der Waals surface area contributed by atoms with Crippen LogP contribution in [0.4, 0.5) is 4.39 Å². The molecule has 3 aromatic rings. The average Bonchev–Trinajstić information content (AvgIpc) is 3.17. The van der Waals surface area contributed by atoms with Gasteiger partial charge in [0.1, 0.15) is 11.6 Å². The number of nitrogens with zero attached hydrogens (tertiary/aromatic N) is 3. The summed E-state index contributed by atoms with van der Waals surface area (Å²) < 4.78 is 20.5. The van der Waals surface area contributed by atoms with Crippen LogP contribution in [-0.2, 0) is 13.6 Å². The van der Waals surface area contributed by atoms with E-state index in [0.29, 0.717) is 18.1 Å². The van der Waals surface area contributed by atoms with Crippen molar-refractivity contribution in [3.63, 3.8) is 0 Å². The number of aromatic nitrogens is 2. The summed E-state index contributed by atoms with van der Waals surface area (Å²) in [6.45, 7) is 0.518. The number of carbonyl (C=O) groups is 1. The van der Waals surface area contributed by atoms with Crippen LogP contribution in [-0.4, -0.2) is 26.6 Å². The number of furan rings is 1. The smallest absolute Gasteiger partial charge is 0.290 e. The summed E-state index contributed by atoms with van der Waals surface area (Å²) in [7, 11) is 1.86. The van der Waals surface area contributed by atoms with Crippen molar-refractivity contribution >= 4 is 5.91 Å². The molecule has 0 radical (unpaired) electrons. The minimum atomic E-state index is -0.303. The Hall–Kier alpha value is -2.89. The highest BCUT2D eigenvalue weighted by atomic mass is 19.1. The Bertz CT molecular complexity index is 894. The zero-order valence-corrected chi connectivity index (χ0v) is 13.9. The van der Waals surface area contributed by atoms with Gasteiger partial charge in [-0.15, -0.1) is 0 Å². The second-order valence-electron chi connectivity index (χ2n) is 6.36. The van der Waals surface area contributed by atoms with E-state index in [-0.39, 0.29) is 17.8 Å². The molecule has 1 aliphatic carbocycles. The van der Waals surface area contributed by atoms with Crippen LogP contribution < -0.4 is 0 Å². The van der Waals surface area contributed by atoms with Gasteiger partial charge < -0.3 is 9.32 Å². The van der Waals surface area contributed by atoms with Gasteiger partial charge in [-0.3, -0.25) is 9.48 Å². The number of aryl methyl sites for hydroxylation is 1. The summed E-state index contributed by atoms with van der Waals surface area (Å²) in [6.07, 6.45) is 5.71. The first-order chi connectivity index (χ1) is 12.1. The minimum absolute atomic E-state index is 0.125. The van der Waals surface area contributed by atoms with Crippen LogP contribution in [0.1, 0.15) is 29.0 Å². The van der Waals surface area contributed by atoms with Crippen LogP contribution in [0.25, 0.3) is 11.3 Å². The molecule has 2 aromatic heterocycles. The van der Waals surface area contributed by atoms with Crippen molar-refractivity contribution in [3.8, 4) is 11.3 Å². The lowest BCUT2D eigenvalue weighted by Crippen LogP contribution is -2.32. The number of hydrogen-bond donors (Lipinski definition) is 0. The summed E-state index contributed by atoms with van der Waals surface area (Å²) in [6, 6.07) is 9.70. The number of amides is 1. The highest BCUT2D eigenvalue weighted by Crippen LogP contribution is 2.31. The normalized spacial score (nSPS) is 13.8. The summed E-state index contributed by atoms with van der Waals surface area (Å²) in [5.74, 6) is 0.429. The Morgan fingerprint density at radius 2 is 2.04 bits per heavy atom. The van der Waals surface area contributed by atoms with Crippen LogP contribution in [0.15, 0.2) is 53.2 Å². The van der Waals surface area contributed by atoms with Gasteiger partial charge >= 0.3 is 0 Å². The topological polar surface area (TPSA) is 51.3 Å². The second-order valence-corrected chi connectivity index (χ2v) is 6.36. The molecule has 2 heterocycles. The Kier molecular flexibility index (Phi) is 3.87. The van der Waals surface area contributed by atoms with Gasteiger partial charge in [-0.05, 0) is 49.2 Å². The third kappa shape index (κ3) is 3.33. The van der Waals surface area contributed by atoms with Crippen molar-refractivity contribution in [1.29, 1.82) is 0 Å². The van der Waals surface area contributed by atoms with Gasteiger partial charge in [0.05, 0.1) is 6.20 Å². The summed E-state index contributed by atoms with van der Waals surface area (Å²) in [5, 5.41) is 4.16. The van der Waals surface area contributed by atoms with E-state index in [1.807, 2.05) is 18.1 Å². The molecule has 4 rings (SSSR count). The fourth-order valence-corrected chi connectivity index (χ4v) is 2.87. The number of hydrogen-bond acceptors (Lipinski definition) is 3. The average molecular weight is 339 g/mol. The van der Waals surface area contributed by atoms with E-state index in [1.165, 1.54) is 12.1 Å². The lowest BCUT2D eigenvalue weighted by Gasteiger charge is -2.20. The molecule has 5 nitrogen and oxygen atoms in total. The molecule has 25 heavy (non-hydrogen) atoms. The molecular weight excluding hydrogens is 321 g/mol. The first kappa shape index (κ1) is 15.6. The molecule has 0 spiro atoms. The van der Waals surface area contributed by atoms with Crippen LogP contribution in [0.3, 0.4) is 0 Å². The van der Waals surface area contributed by atoms with Gasteiger partial charge in [0.15, 0.2) is 5.76 Å². The molecule has 6 heteroatoms. The first-order valence-electron chi connectivity index (χ1n) is 8.24. The van der Waals surface area contributed by atoms with Crippen LogP contribution in [0, 0.1) is 5.82 Å². The van der Waals surface area contributed by atoms with E-state index in [4.69, 9.17) is 4.42 Å². The van der Waals surface area contributed by atoms with Gasteiger partial charge in [-0.2, -0.15) is 5.10 Å². The molecule has 1 aliphatic rings. The molecule has 0 aliphatic heterocycles. The number of halogens is 1. The van der Waals surface area contributed by atoms with E-state index in [9.17, 15) is 9.18 Å². The molecule has 0 atom stereocenters. The zero-order chi connectivity index (χ0) is 17.4. The molecule has 1 saturated carbocycles. The van der Waals surface area contributed by atoms with E-state index >= 15 is 0 Å². The van der Waals surface area contributed by atoms with Crippen molar-refractivity contribution in [2.24, 2.45) is 7.05 Å². The zero-order valence-electron chi connectivity index (χ0n) is 13.9. The van der Waals surface area contributed by atoms with Crippen molar-refractivity contribution < 1.29 is 13.6 Å². The Balaban J connectivity index is 1.55. The minimum Gasteiger partial charge on any atom is -0.451 e. The third-order valence-corrected chi connectivity index (χ3v) is 4.31. The SMILES string of the molecule is Cn1cc(CN(C(=O)c2ccc(-c3ccc(F)cc3)o2)C2CC2)cn1.